The molecule has 2 aromatic carbocycles. The second kappa shape index (κ2) is 8.98. The highest BCUT2D eigenvalue weighted by molar-refractivity contribution is 5.98. The Morgan fingerprint density at radius 3 is 2.42 bits per heavy atom. The van der Waals surface area contributed by atoms with Gasteiger partial charge < -0.3 is 15.0 Å². The van der Waals surface area contributed by atoms with Crippen molar-refractivity contribution in [2.45, 2.75) is 24.9 Å². The van der Waals surface area contributed by atoms with Crippen molar-refractivity contribution in [3.8, 4) is 33.9 Å². The SMILES string of the molecule is Cn1cnc(-c2nnc3c4cc(-c5ccc(F)cc5)c(-c5ccc(C6(OC(N)=O)CCC6)cc5)nc4ccn23)c1. The highest BCUT2D eigenvalue weighted by Crippen LogP contribution is 2.45. The number of amides is 1. The molecule has 4 heterocycles. The molecule has 0 aliphatic heterocycles. The van der Waals surface area contributed by atoms with Crippen molar-refractivity contribution in [2.24, 2.45) is 12.8 Å². The van der Waals surface area contributed by atoms with Crippen LogP contribution in [0.15, 0.2) is 79.4 Å². The third-order valence-electron chi connectivity index (χ3n) is 7.60. The lowest BCUT2D eigenvalue weighted by Crippen LogP contribution is -2.40. The van der Waals surface area contributed by atoms with Gasteiger partial charge in [-0.05, 0) is 54.7 Å². The predicted octanol–water partition coefficient (Wildman–Crippen LogP) is 5.63. The summed E-state index contributed by atoms with van der Waals surface area (Å²) in [6.07, 6.45) is 7.16. The molecule has 10 heteroatoms. The van der Waals surface area contributed by atoms with Crippen molar-refractivity contribution < 1.29 is 13.9 Å². The monoisotopic (exact) mass is 533 g/mol. The van der Waals surface area contributed by atoms with Gasteiger partial charge in [0.25, 0.3) is 0 Å². The molecule has 4 aromatic heterocycles. The Bertz CT molecular complexity index is 1910. The van der Waals surface area contributed by atoms with Crippen LogP contribution in [0.4, 0.5) is 9.18 Å². The van der Waals surface area contributed by atoms with Crippen LogP contribution in [0.3, 0.4) is 0 Å². The summed E-state index contributed by atoms with van der Waals surface area (Å²) in [4.78, 5) is 21.0. The zero-order valence-electron chi connectivity index (χ0n) is 21.6. The normalized spacial score (nSPS) is 14.3. The Hall–Kier alpha value is -5.12. The van der Waals surface area contributed by atoms with E-state index in [9.17, 15) is 9.18 Å². The molecule has 0 unspecified atom stereocenters. The third-order valence-corrected chi connectivity index (χ3v) is 7.60. The average molecular weight is 534 g/mol. The first-order valence-corrected chi connectivity index (χ1v) is 12.9. The Kier molecular flexibility index (Phi) is 5.38. The summed E-state index contributed by atoms with van der Waals surface area (Å²) >= 11 is 0. The largest absolute Gasteiger partial charge is 0.438 e. The Balaban J connectivity index is 1.39. The summed E-state index contributed by atoms with van der Waals surface area (Å²) in [6, 6.07) is 18.1. The molecule has 0 radical (unpaired) electrons. The van der Waals surface area contributed by atoms with Crippen molar-refractivity contribution in [2.75, 3.05) is 0 Å². The van der Waals surface area contributed by atoms with Gasteiger partial charge in [-0.25, -0.2) is 19.2 Å². The van der Waals surface area contributed by atoms with E-state index in [4.69, 9.17) is 15.5 Å². The summed E-state index contributed by atoms with van der Waals surface area (Å²) in [5.41, 5.74) is 10.9. The maximum Gasteiger partial charge on any atom is 0.405 e. The number of pyridine rings is 2. The lowest BCUT2D eigenvalue weighted by Gasteiger charge is -2.40. The number of carbonyl (C=O) groups excluding carboxylic acids is 1. The van der Waals surface area contributed by atoms with Crippen LogP contribution >= 0.6 is 0 Å². The first kappa shape index (κ1) is 24.0. The van der Waals surface area contributed by atoms with E-state index in [1.807, 2.05) is 64.8 Å². The van der Waals surface area contributed by atoms with Gasteiger partial charge in [-0.2, -0.15) is 0 Å². The summed E-state index contributed by atoms with van der Waals surface area (Å²) in [5, 5.41) is 9.68. The number of hydrogen-bond donors (Lipinski definition) is 1. The highest BCUT2D eigenvalue weighted by Gasteiger charge is 2.42. The van der Waals surface area contributed by atoms with E-state index in [1.54, 1.807) is 18.5 Å². The molecule has 0 spiro atoms. The van der Waals surface area contributed by atoms with E-state index in [-0.39, 0.29) is 5.82 Å². The summed E-state index contributed by atoms with van der Waals surface area (Å²) < 4.78 is 23.1. The topological polar surface area (TPSA) is 113 Å². The third kappa shape index (κ3) is 3.87. The smallest absolute Gasteiger partial charge is 0.405 e. The van der Waals surface area contributed by atoms with Crippen molar-refractivity contribution in [3.05, 3.63) is 90.8 Å². The van der Waals surface area contributed by atoms with E-state index < -0.39 is 11.7 Å². The number of hydrogen-bond acceptors (Lipinski definition) is 6. The quantitative estimate of drug-likeness (QED) is 0.308. The fourth-order valence-electron chi connectivity index (χ4n) is 5.44. The molecule has 1 fully saturated rings. The second-order valence-corrected chi connectivity index (χ2v) is 10.1. The number of ether oxygens (including phenoxy) is 1. The van der Waals surface area contributed by atoms with E-state index in [1.165, 1.54) is 12.1 Å². The molecule has 198 valence electrons. The molecular weight excluding hydrogens is 509 g/mol. The first-order chi connectivity index (χ1) is 19.4. The van der Waals surface area contributed by atoms with Gasteiger partial charge in [0, 0.05) is 36.0 Å². The molecular formula is C30H24FN7O2. The minimum atomic E-state index is -0.774. The predicted molar refractivity (Wildman–Crippen MR) is 148 cm³/mol. The van der Waals surface area contributed by atoms with Gasteiger partial charge >= 0.3 is 6.09 Å². The van der Waals surface area contributed by atoms with E-state index in [0.29, 0.717) is 17.2 Å². The zero-order chi connectivity index (χ0) is 27.4. The molecule has 0 atom stereocenters. The second-order valence-electron chi connectivity index (χ2n) is 10.1. The molecule has 0 bridgehead atoms. The number of carbonyl (C=O) groups is 1. The number of benzene rings is 2. The number of halogens is 1. The Labute approximate surface area is 228 Å². The van der Waals surface area contributed by atoms with E-state index >= 15 is 0 Å². The van der Waals surface area contributed by atoms with E-state index in [2.05, 4.69) is 15.2 Å². The van der Waals surface area contributed by atoms with Crippen molar-refractivity contribution in [3.63, 3.8) is 0 Å². The number of aryl methyl sites for hydroxylation is 1. The lowest BCUT2D eigenvalue weighted by atomic mass is 9.74. The number of fused-ring (bicyclic) bond motifs is 3. The molecule has 0 saturated heterocycles. The van der Waals surface area contributed by atoms with Crippen LogP contribution < -0.4 is 5.73 Å². The average Bonchev–Trinajstić information content (AvgIpc) is 3.56. The number of primary amides is 1. The summed E-state index contributed by atoms with van der Waals surface area (Å²) in [7, 11) is 1.90. The van der Waals surface area contributed by atoms with Gasteiger partial charge in [-0.3, -0.25) is 4.40 Å². The molecule has 9 nitrogen and oxygen atoms in total. The number of rotatable bonds is 5. The van der Waals surface area contributed by atoms with Gasteiger partial charge in [0.15, 0.2) is 11.5 Å². The molecule has 1 aliphatic carbocycles. The van der Waals surface area contributed by atoms with Crippen LogP contribution in [0.25, 0.3) is 50.5 Å². The molecule has 1 amide bonds. The minimum Gasteiger partial charge on any atom is -0.438 e. The Morgan fingerprint density at radius 2 is 1.77 bits per heavy atom. The van der Waals surface area contributed by atoms with Crippen LogP contribution in [0.1, 0.15) is 24.8 Å². The van der Waals surface area contributed by atoms with Crippen molar-refractivity contribution >= 4 is 22.6 Å². The number of aromatic nitrogens is 6. The van der Waals surface area contributed by atoms with Crippen molar-refractivity contribution in [1.82, 2.24) is 29.1 Å². The fourth-order valence-corrected chi connectivity index (χ4v) is 5.44. The lowest BCUT2D eigenvalue weighted by molar-refractivity contribution is -0.0489. The molecule has 2 N–H and O–H groups in total. The van der Waals surface area contributed by atoms with Crippen LogP contribution in [0.2, 0.25) is 0 Å². The number of imidazole rings is 1. The van der Waals surface area contributed by atoms with E-state index in [0.717, 1.165) is 58.1 Å². The highest BCUT2D eigenvalue weighted by atomic mass is 19.1. The summed E-state index contributed by atoms with van der Waals surface area (Å²) in [6.45, 7) is 0. The molecule has 1 aliphatic rings. The zero-order valence-corrected chi connectivity index (χ0v) is 21.6. The molecule has 7 rings (SSSR count). The molecule has 40 heavy (non-hydrogen) atoms. The van der Waals surface area contributed by atoms with Crippen LogP contribution in [-0.4, -0.2) is 35.2 Å². The van der Waals surface area contributed by atoms with Gasteiger partial charge in [-0.15, -0.1) is 10.2 Å². The van der Waals surface area contributed by atoms with Gasteiger partial charge in [-0.1, -0.05) is 36.4 Å². The van der Waals surface area contributed by atoms with Gasteiger partial charge in [0.2, 0.25) is 0 Å². The standard InChI is InChI=1S/C30H24FN7O2/c1-37-16-25(33-17-37)28-36-35-27-23-15-22(18-5-9-21(31)10-6-18)26(34-24(23)11-14-38(27)28)19-3-7-20(8-4-19)30(12-2-13-30)40-29(32)39/h3-11,14-17H,2,12-13H2,1H3,(H2,32,39). The number of nitrogens with zero attached hydrogens (tertiary/aromatic N) is 6. The van der Waals surface area contributed by atoms with Crippen LogP contribution in [-0.2, 0) is 17.4 Å². The molecule has 1 saturated carbocycles. The summed E-state index contributed by atoms with van der Waals surface area (Å²) in [5.74, 6) is 0.312. The Morgan fingerprint density at radius 1 is 1.02 bits per heavy atom. The van der Waals surface area contributed by atoms with Gasteiger partial charge in [0.1, 0.15) is 17.1 Å². The number of nitrogens with two attached hydrogens (primary N) is 1. The first-order valence-electron chi connectivity index (χ1n) is 12.9. The van der Waals surface area contributed by atoms with Crippen LogP contribution in [0, 0.1) is 5.82 Å². The molecule has 6 aromatic rings. The fraction of sp³-hybridized carbons (Fsp3) is 0.167. The maximum absolute atomic E-state index is 13.8. The van der Waals surface area contributed by atoms with Crippen LogP contribution in [0.5, 0.6) is 0 Å². The van der Waals surface area contributed by atoms with Gasteiger partial charge in [0.05, 0.1) is 17.5 Å². The minimum absolute atomic E-state index is 0.316. The maximum atomic E-state index is 13.8. The van der Waals surface area contributed by atoms with Crippen molar-refractivity contribution in [1.29, 1.82) is 0 Å².